The van der Waals surface area contributed by atoms with Gasteiger partial charge < -0.3 is 0 Å². The highest BCUT2D eigenvalue weighted by molar-refractivity contribution is 7.92. The highest BCUT2D eigenvalue weighted by Gasteiger charge is 2.17. The van der Waals surface area contributed by atoms with Crippen LogP contribution in [0.4, 0.5) is 5.82 Å². The molecule has 0 bridgehead atoms. The minimum Gasteiger partial charge on any atom is -0.298 e. The lowest BCUT2D eigenvalue weighted by Gasteiger charge is -2.11. The molecule has 0 aliphatic rings. The van der Waals surface area contributed by atoms with Gasteiger partial charge in [0.25, 0.3) is 10.0 Å². The Bertz CT molecular complexity index is 956. The van der Waals surface area contributed by atoms with Crippen LogP contribution in [0.25, 0.3) is 11.3 Å². The standard InChI is InChI=1S/C17H13N3O3S/c21-12-13-6-8-14(9-7-13)16-17(19-11-10-18-16)20-24(22,23)15-4-2-1-3-5-15/h1-12H,(H,19,20). The molecule has 0 fully saturated rings. The summed E-state index contributed by atoms with van der Waals surface area (Å²) in [7, 11) is -3.77. The molecule has 1 N–H and O–H groups in total. The van der Waals surface area contributed by atoms with Crippen molar-refractivity contribution in [1.82, 2.24) is 9.97 Å². The molecule has 7 heteroatoms. The Morgan fingerprint density at radius 2 is 1.54 bits per heavy atom. The van der Waals surface area contributed by atoms with Crippen molar-refractivity contribution in [2.45, 2.75) is 4.90 Å². The fraction of sp³-hybridized carbons (Fsp3) is 0. The van der Waals surface area contributed by atoms with Crippen molar-refractivity contribution in [2.75, 3.05) is 4.72 Å². The van der Waals surface area contributed by atoms with Crippen molar-refractivity contribution in [3.05, 3.63) is 72.6 Å². The molecular weight excluding hydrogens is 326 g/mol. The number of hydrogen-bond donors (Lipinski definition) is 1. The summed E-state index contributed by atoms with van der Waals surface area (Å²) < 4.78 is 27.4. The Hall–Kier alpha value is -3.06. The van der Waals surface area contributed by atoms with Gasteiger partial charge in [-0.3, -0.25) is 14.5 Å². The van der Waals surface area contributed by atoms with E-state index in [9.17, 15) is 13.2 Å². The molecule has 0 unspecified atom stereocenters. The minimum absolute atomic E-state index is 0.125. The van der Waals surface area contributed by atoms with Gasteiger partial charge in [0, 0.05) is 23.5 Å². The van der Waals surface area contributed by atoms with Gasteiger partial charge in [-0.25, -0.2) is 13.4 Å². The quantitative estimate of drug-likeness (QED) is 0.722. The van der Waals surface area contributed by atoms with E-state index in [2.05, 4.69) is 14.7 Å². The van der Waals surface area contributed by atoms with Crippen molar-refractivity contribution in [2.24, 2.45) is 0 Å². The van der Waals surface area contributed by atoms with Gasteiger partial charge in [0.2, 0.25) is 0 Å². The van der Waals surface area contributed by atoms with E-state index in [0.717, 1.165) is 6.29 Å². The molecule has 120 valence electrons. The number of nitrogens with one attached hydrogen (secondary N) is 1. The number of aromatic nitrogens is 2. The summed E-state index contributed by atoms with van der Waals surface area (Å²) in [5.41, 5.74) is 1.56. The van der Waals surface area contributed by atoms with Crippen LogP contribution < -0.4 is 4.72 Å². The number of benzene rings is 2. The first-order valence-corrected chi connectivity index (χ1v) is 8.53. The van der Waals surface area contributed by atoms with Crippen LogP contribution in [0.15, 0.2) is 71.9 Å². The van der Waals surface area contributed by atoms with Crippen LogP contribution in [-0.4, -0.2) is 24.7 Å². The second kappa shape index (κ2) is 6.59. The average Bonchev–Trinajstić information content (AvgIpc) is 2.63. The number of carbonyl (C=O) groups is 1. The minimum atomic E-state index is -3.77. The number of hydrogen-bond acceptors (Lipinski definition) is 5. The first-order chi connectivity index (χ1) is 11.6. The Morgan fingerprint density at radius 1 is 0.875 bits per heavy atom. The summed E-state index contributed by atoms with van der Waals surface area (Å²) in [4.78, 5) is 19.2. The van der Waals surface area contributed by atoms with Crippen LogP contribution in [0.1, 0.15) is 10.4 Å². The summed E-state index contributed by atoms with van der Waals surface area (Å²) in [5.74, 6) is 0.125. The molecular formula is C17H13N3O3S. The van der Waals surface area contributed by atoms with Crippen molar-refractivity contribution in [3.8, 4) is 11.3 Å². The number of sulfonamides is 1. The molecule has 0 saturated heterocycles. The molecule has 0 radical (unpaired) electrons. The number of rotatable bonds is 5. The van der Waals surface area contributed by atoms with E-state index in [1.54, 1.807) is 42.5 Å². The molecule has 0 amide bonds. The van der Waals surface area contributed by atoms with Crippen LogP contribution in [0.5, 0.6) is 0 Å². The first-order valence-electron chi connectivity index (χ1n) is 7.04. The van der Waals surface area contributed by atoms with E-state index < -0.39 is 10.0 Å². The molecule has 3 rings (SSSR count). The average molecular weight is 339 g/mol. The SMILES string of the molecule is O=Cc1ccc(-c2nccnc2NS(=O)(=O)c2ccccc2)cc1. The highest BCUT2D eigenvalue weighted by Crippen LogP contribution is 2.25. The Balaban J connectivity index is 1.99. The molecule has 0 saturated carbocycles. The molecule has 3 aromatic rings. The maximum absolute atomic E-state index is 12.5. The zero-order valence-electron chi connectivity index (χ0n) is 12.5. The topological polar surface area (TPSA) is 89.0 Å². The predicted molar refractivity (Wildman–Crippen MR) is 90.1 cm³/mol. The highest BCUT2D eigenvalue weighted by atomic mass is 32.2. The Kier molecular flexibility index (Phi) is 4.35. The van der Waals surface area contributed by atoms with Gasteiger partial charge in [0.1, 0.15) is 12.0 Å². The monoisotopic (exact) mass is 339 g/mol. The zero-order chi connectivity index (χ0) is 17.0. The summed E-state index contributed by atoms with van der Waals surface area (Å²) in [6, 6.07) is 14.7. The smallest absolute Gasteiger partial charge is 0.263 e. The molecule has 1 aromatic heterocycles. The molecule has 6 nitrogen and oxygen atoms in total. The third kappa shape index (κ3) is 3.31. The largest absolute Gasteiger partial charge is 0.298 e. The number of aldehydes is 1. The maximum Gasteiger partial charge on any atom is 0.263 e. The van der Waals surface area contributed by atoms with Crippen LogP contribution >= 0.6 is 0 Å². The number of nitrogens with zero attached hydrogens (tertiary/aromatic N) is 2. The Labute approximate surface area is 139 Å². The van der Waals surface area contributed by atoms with Gasteiger partial charge in [-0.05, 0) is 12.1 Å². The lowest BCUT2D eigenvalue weighted by atomic mass is 10.1. The molecule has 0 spiro atoms. The van der Waals surface area contributed by atoms with E-state index in [0.29, 0.717) is 16.8 Å². The van der Waals surface area contributed by atoms with Crippen molar-refractivity contribution >= 4 is 22.1 Å². The molecule has 0 aliphatic carbocycles. The lowest BCUT2D eigenvalue weighted by molar-refractivity contribution is 0.112. The third-order valence-corrected chi connectivity index (χ3v) is 4.66. The van der Waals surface area contributed by atoms with Gasteiger partial charge in [0.15, 0.2) is 5.82 Å². The van der Waals surface area contributed by atoms with Crippen molar-refractivity contribution < 1.29 is 13.2 Å². The lowest BCUT2D eigenvalue weighted by Crippen LogP contribution is -2.15. The normalized spacial score (nSPS) is 11.0. The van der Waals surface area contributed by atoms with E-state index >= 15 is 0 Å². The van der Waals surface area contributed by atoms with Gasteiger partial charge in [-0.1, -0.05) is 42.5 Å². The molecule has 24 heavy (non-hydrogen) atoms. The summed E-state index contributed by atoms with van der Waals surface area (Å²) in [6.45, 7) is 0. The number of anilines is 1. The van der Waals surface area contributed by atoms with Gasteiger partial charge in [0.05, 0.1) is 4.90 Å². The first kappa shape index (κ1) is 15.8. The summed E-state index contributed by atoms with van der Waals surface area (Å²) >= 11 is 0. The molecule has 1 heterocycles. The third-order valence-electron chi connectivity index (χ3n) is 3.30. The zero-order valence-corrected chi connectivity index (χ0v) is 13.3. The second-order valence-electron chi connectivity index (χ2n) is 4.91. The van der Waals surface area contributed by atoms with Crippen LogP contribution in [0.2, 0.25) is 0 Å². The van der Waals surface area contributed by atoms with Crippen LogP contribution in [-0.2, 0) is 10.0 Å². The van der Waals surface area contributed by atoms with Crippen molar-refractivity contribution in [1.29, 1.82) is 0 Å². The van der Waals surface area contributed by atoms with Gasteiger partial charge in [-0.15, -0.1) is 0 Å². The van der Waals surface area contributed by atoms with Gasteiger partial charge >= 0.3 is 0 Å². The molecule has 2 aromatic carbocycles. The van der Waals surface area contributed by atoms with E-state index in [4.69, 9.17) is 0 Å². The van der Waals surface area contributed by atoms with E-state index in [1.807, 2.05) is 0 Å². The van der Waals surface area contributed by atoms with E-state index in [-0.39, 0.29) is 10.7 Å². The van der Waals surface area contributed by atoms with Crippen molar-refractivity contribution in [3.63, 3.8) is 0 Å². The van der Waals surface area contributed by atoms with Crippen LogP contribution in [0, 0.1) is 0 Å². The molecule has 0 aliphatic heterocycles. The predicted octanol–water partition coefficient (Wildman–Crippen LogP) is 2.76. The fourth-order valence-electron chi connectivity index (χ4n) is 2.13. The second-order valence-corrected chi connectivity index (χ2v) is 6.59. The summed E-state index contributed by atoms with van der Waals surface area (Å²) in [5, 5.41) is 0. The summed E-state index contributed by atoms with van der Waals surface area (Å²) in [6.07, 6.45) is 3.62. The molecule has 0 atom stereocenters. The van der Waals surface area contributed by atoms with E-state index in [1.165, 1.54) is 24.5 Å². The van der Waals surface area contributed by atoms with Gasteiger partial charge in [-0.2, -0.15) is 0 Å². The Morgan fingerprint density at radius 3 is 2.21 bits per heavy atom. The number of carbonyl (C=O) groups excluding carboxylic acids is 1. The fourth-order valence-corrected chi connectivity index (χ4v) is 3.17. The maximum atomic E-state index is 12.5. The van der Waals surface area contributed by atoms with Crippen LogP contribution in [0.3, 0.4) is 0 Å².